The fourth-order valence-corrected chi connectivity index (χ4v) is 4.50. The van der Waals surface area contributed by atoms with E-state index in [-0.39, 0.29) is 0 Å². The van der Waals surface area contributed by atoms with Crippen LogP contribution in [0.1, 0.15) is 20.1 Å². The second-order valence-corrected chi connectivity index (χ2v) is 6.03. The fraction of sp³-hybridized carbons (Fsp3) is 0.222. The van der Waals surface area contributed by atoms with Gasteiger partial charge in [0.2, 0.25) is 0 Å². The molecular formula is C9H7BrO2S2. The van der Waals surface area contributed by atoms with Gasteiger partial charge in [-0.15, -0.1) is 22.7 Å². The molecule has 0 aromatic carbocycles. The summed E-state index contributed by atoms with van der Waals surface area (Å²) in [7, 11) is 0. The fourth-order valence-electron chi connectivity index (χ4n) is 1.33. The minimum atomic E-state index is -0.833. The van der Waals surface area contributed by atoms with Gasteiger partial charge in [-0.3, -0.25) is 0 Å². The molecule has 0 amide bonds. The van der Waals surface area contributed by atoms with E-state index in [9.17, 15) is 4.79 Å². The number of halogens is 1. The van der Waals surface area contributed by atoms with E-state index in [4.69, 9.17) is 5.11 Å². The zero-order valence-electron chi connectivity index (χ0n) is 7.55. The van der Waals surface area contributed by atoms with Crippen LogP contribution in [0.25, 0.3) is 9.40 Å². The predicted molar refractivity (Wildman–Crippen MR) is 63.8 cm³/mol. The molecule has 0 atom stereocenters. The van der Waals surface area contributed by atoms with Gasteiger partial charge in [0, 0.05) is 9.35 Å². The van der Waals surface area contributed by atoms with E-state index in [1.807, 2.05) is 13.8 Å². The standard InChI is InChI=1S/C9H7BrO2S2/c1-3-6-8(5(10)4(2)13-6)14-7(3)9(11)12/h1-2H3,(H,11,12). The maximum absolute atomic E-state index is 10.9. The van der Waals surface area contributed by atoms with Gasteiger partial charge >= 0.3 is 5.97 Å². The SMILES string of the molecule is Cc1sc2c(C)c(C(=O)O)sc2c1Br. The third-order valence-corrected chi connectivity index (χ3v) is 6.22. The largest absolute Gasteiger partial charge is 0.477 e. The van der Waals surface area contributed by atoms with Gasteiger partial charge in [0.25, 0.3) is 0 Å². The van der Waals surface area contributed by atoms with Crippen molar-refractivity contribution in [3.05, 3.63) is 19.8 Å². The Morgan fingerprint density at radius 3 is 2.43 bits per heavy atom. The Labute approximate surface area is 97.3 Å². The van der Waals surface area contributed by atoms with Gasteiger partial charge in [0.05, 0.1) is 9.40 Å². The minimum Gasteiger partial charge on any atom is -0.477 e. The van der Waals surface area contributed by atoms with Crippen molar-refractivity contribution in [3.8, 4) is 0 Å². The lowest BCUT2D eigenvalue weighted by Crippen LogP contribution is -1.93. The summed E-state index contributed by atoms with van der Waals surface area (Å²) in [6, 6.07) is 0. The molecule has 0 saturated heterocycles. The quantitative estimate of drug-likeness (QED) is 0.861. The van der Waals surface area contributed by atoms with E-state index < -0.39 is 5.97 Å². The average Bonchev–Trinajstić information content (AvgIpc) is 2.56. The molecule has 0 saturated carbocycles. The molecule has 14 heavy (non-hydrogen) atoms. The summed E-state index contributed by atoms with van der Waals surface area (Å²) in [5.74, 6) is -0.833. The molecule has 0 aliphatic carbocycles. The molecule has 0 aliphatic heterocycles. The number of aromatic carboxylic acids is 1. The number of hydrogen-bond donors (Lipinski definition) is 1. The summed E-state index contributed by atoms with van der Waals surface area (Å²) < 4.78 is 3.19. The molecule has 0 unspecified atom stereocenters. The van der Waals surface area contributed by atoms with Crippen molar-refractivity contribution in [2.45, 2.75) is 13.8 Å². The van der Waals surface area contributed by atoms with Crippen LogP contribution in [-0.4, -0.2) is 11.1 Å². The minimum absolute atomic E-state index is 0.451. The van der Waals surface area contributed by atoms with Gasteiger partial charge in [0.15, 0.2) is 0 Å². The van der Waals surface area contributed by atoms with Crippen molar-refractivity contribution in [1.82, 2.24) is 0 Å². The zero-order valence-corrected chi connectivity index (χ0v) is 10.8. The van der Waals surface area contributed by atoms with E-state index in [0.717, 1.165) is 19.4 Å². The van der Waals surface area contributed by atoms with E-state index in [1.165, 1.54) is 16.2 Å². The smallest absolute Gasteiger partial charge is 0.346 e. The van der Waals surface area contributed by atoms with Crippen LogP contribution in [0.15, 0.2) is 4.47 Å². The van der Waals surface area contributed by atoms with E-state index in [2.05, 4.69) is 15.9 Å². The van der Waals surface area contributed by atoms with Crippen molar-refractivity contribution in [1.29, 1.82) is 0 Å². The Bertz CT molecular complexity index is 524. The molecule has 2 heterocycles. The molecule has 0 spiro atoms. The molecule has 1 N–H and O–H groups in total. The number of thiophene rings is 2. The summed E-state index contributed by atoms with van der Waals surface area (Å²) in [6.07, 6.45) is 0. The second kappa shape index (κ2) is 3.32. The first kappa shape index (κ1) is 10.1. The molecule has 0 bridgehead atoms. The first-order valence-corrected chi connectivity index (χ1v) is 6.36. The lowest BCUT2D eigenvalue weighted by Gasteiger charge is -1.89. The highest BCUT2D eigenvalue weighted by molar-refractivity contribution is 9.10. The van der Waals surface area contributed by atoms with Gasteiger partial charge in [-0.1, -0.05) is 0 Å². The van der Waals surface area contributed by atoms with Crippen LogP contribution in [0.3, 0.4) is 0 Å². The molecule has 2 nitrogen and oxygen atoms in total. The van der Waals surface area contributed by atoms with Gasteiger partial charge in [-0.2, -0.15) is 0 Å². The average molecular weight is 291 g/mol. The summed E-state index contributed by atoms with van der Waals surface area (Å²) >= 11 is 6.46. The summed E-state index contributed by atoms with van der Waals surface area (Å²) in [6.45, 7) is 3.89. The van der Waals surface area contributed by atoms with Crippen molar-refractivity contribution in [2.75, 3.05) is 0 Å². The lowest BCUT2D eigenvalue weighted by atomic mass is 10.3. The van der Waals surface area contributed by atoms with Crippen LogP contribution >= 0.6 is 38.6 Å². The topological polar surface area (TPSA) is 37.3 Å². The Balaban J connectivity index is 2.83. The second-order valence-electron chi connectivity index (χ2n) is 2.99. The Hall–Kier alpha value is -0.390. The molecular weight excluding hydrogens is 284 g/mol. The molecule has 0 aliphatic rings. The van der Waals surface area contributed by atoms with E-state index >= 15 is 0 Å². The predicted octanol–water partition coefficient (Wildman–Crippen LogP) is 4.04. The maximum atomic E-state index is 10.9. The molecule has 2 aromatic rings. The van der Waals surface area contributed by atoms with Gasteiger partial charge < -0.3 is 5.11 Å². The van der Waals surface area contributed by atoms with Crippen LogP contribution in [-0.2, 0) is 0 Å². The third kappa shape index (κ3) is 1.31. The third-order valence-electron chi connectivity index (χ3n) is 2.05. The van der Waals surface area contributed by atoms with Crippen LogP contribution < -0.4 is 0 Å². The number of rotatable bonds is 1. The van der Waals surface area contributed by atoms with Crippen LogP contribution in [0.4, 0.5) is 0 Å². The molecule has 0 fully saturated rings. The first-order chi connectivity index (χ1) is 6.52. The summed E-state index contributed by atoms with van der Waals surface area (Å²) in [5.41, 5.74) is 0.885. The maximum Gasteiger partial charge on any atom is 0.346 e. The summed E-state index contributed by atoms with van der Waals surface area (Å²) in [4.78, 5) is 12.5. The van der Waals surface area contributed by atoms with E-state index in [1.54, 1.807) is 11.3 Å². The highest BCUT2D eigenvalue weighted by Crippen LogP contribution is 2.43. The molecule has 2 rings (SSSR count). The van der Waals surface area contributed by atoms with Crippen LogP contribution in [0.5, 0.6) is 0 Å². The van der Waals surface area contributed by atoms with Crippen molar-refractivity contribution in [3.63, 3.8) is 0 Å². The number of carboxylic acids is 1. The van der Waals surface area contributed by atoms with E-state index in [0.29, 0.717) is 4.88 Å². The van der Waals surface area contributed by atoms with Crippen molar-refractivity contribution in [2.24, 2.45) is 0 Å². The van der Waals surface area contributed by atoms with Gasteiger partial charge in [-0.25, -0.2) is 4.79 Å². The lowest BCUT2D eigenvalue weighted by molar-refractivity contribution is 0.0701. The molecule has 74 valence electrons. The Morgan fingerprint density at radius 2 is 1.93 bits per heavy atom. The van der Waals surface area contributed by atoms with Gasteiger partial charge in [-0.05, 0) is 35.3 Å². The van der Waals surface area contributed by atoms with Crippen molar-refractivity contribution >= 4 is 54.0 Å². The van der Waals surface area contributed by atoms with Crippen molar-refractivity contribution < 1.29 is 9.90 Å². The number of carbonyl (C=O) groups is 1. The Kier molecular flexibility index (Phi) is 2.41. The molecule has 0 radical (unpaired) electrons. The summed E-state index contributed by atoms with van der Waals surface area (Å²) in [5, 5.41) is 8.94. The van der Waals surface area contributed by atoms with Crippen LogP contribution in [0.2, 0.25) is 0 Å². The Morgan fingerprint density at radius 1 is 1.29 bits per heavy atom. The molecule has 2 aromatic heterocycles. The molecule has 5 heteroatoms. The monoisotopic (exact) mass is 290 g/mol. The number of fused-ring (bicyclic) bond motifs is 1. The number of hydrogen-bond acceptors (Lipinski definition) is 3. The highest BCUT2D eigenvalue weighted by Gasteiger charge is 2.18. The number of aryl methyl sites for hydroxylation is 2. The normalized spacial score (nSPS) is 11.1. The zero-order chi connectivity index (χ0) is 10.5. The van der Waals surface area contributed by atoms with Crippen LogP contribution in [0, 0.1) is 13.8 Å². The van der Waals surface area contributed by atoms with Gasteiger partial charge in [0.1, 0.15) is 4.88 Å². The highest BCUT2D eigenvalue weighted by atomic mass is 79.9. The first-order valence-electron chi connectivity index (χ1n) is 3.93. The number of carboxylic acid groups (broad SMARTS) is 1.